The molecule has 6 rings (SSSR count). The van der Waals surface area contributed by atoms with E-state index < -0.39 is 0 Å². The number of anilines is 1. The first-order valence-electron chi connectivity index (χ1n) is 11.6. The predicted molar refractivity (Wildman–Crippen MR) is 139 cm³/mol. The van der Waals surface area contributed by atoms with Crippen molar-refractivity contribution in [1.29, 1.82) is 0 Å². The van der Waals surface area contributed by atoms with Gasteiger partial charge in [0.05, 0.1) is 48.6 Å². The van der Waals surface area contributed by atoms with Crippen LogP contribution in [0.3, 0.4) is 0 Å². The second-order valence-corrected chi connectivity index (χ2v) is 10.8. The summed E-state index contributed by atoms with van der Waals surface area (Å²) in [6.07, 6.45) is 3.38. The van der Waals surface area contributed by atoms with Crippen LogP contribution in [-0.4, -0.2) is 74.4 Å². The van der Waals surface area contributed by atoms with E-state index in [1.165, 1.54) is 25.6 Å². The van der Waals surface area contributed by atoms with Crippen molar-refractivity contribution in [2.45, 2.75) is 13.8 Å². The number of rotatable bonds is 6. The smallest absolute Gasteiger partial charge is 0.261 e. The van der Waals surface area contributed by atoms with E-state index in [-0.39, 0.29) is 16.9 Å². The van der Waals surface area contributed by atoms with Crippen molar-refractivity contribution in [2.24, 2.45) is 5.41 Å². The SMILES string of the molecule is COc1cc(-c2cn3nc4c5ncc(NC(=O)CN6CC(C)(C)C6)cc5[nH]c(=O)c4c3s2)c(OC)nn1. The van der Waals surface area contributed by atoms with E-state index in [0.717, 1.165) is 18.0 Å². The monoisotopic (exact) mass is 520 g/mol. The maximum Gasteiger partial charge on any atom is 0.261 e. The van der Waals surface area contributed by atoms with E-state index >= 15 is 0 Å². The average Bonchev–Trinajstić information content (AvgIpc) is 3.41. The highest BCUT2D eigenvalue weighted by Gasteiger charge is 2.34. The lowest BCUT2D eigenvalue weighted by Crippen LogP contribution is -2.54. The van der Waals surface area contributed by atoms with Crippen LogP contribution in [0.4, 0.5) is 5.69 Å². The van der Waals surface area contributed by atoms with Crippen molar-refractivity contribution in [3.05, 3.63) is 34.9 Å². The maximum atomic E-state index is 13.1. The average molecular weight is 521 g/mol. The van der Waals surface area contributed by atoms with Gasteiger partial charge in [-0.3, -0.25) is 19.5 Å². The zero-order valence-electron chi connectivity index (χ0n) is 20.7. The van der Waals surface area contributed by atoms with Crippen LogP contribution in [-0.2, 0) is 4.79 Å². The number of aromatic nitrogens is 6. The van der Waals surface area contributed by atoms with E-state index in [9.17, 15) is 9.59 Å². The molecule has 1 aliphatic rings. The normalized spacial score (nSPS) is 15.2. The first-order valence-corrected chi connectivity index (χ1v) is 12.4. The number of likely N-dealkylation sites (tertiary alicyclic amines) is 1. The molecule has 1 saturated heterocycles. The molecular formula is C24H24N8O4S. The number of methoxy groups -OCH3 is 2. The minimum atomic E-state index is -0.295. The highest BCUT2D eigenvalue weighted by molar-refractivity contribution is 7.21. The lowest BCUT2D eigenvalue weighted by Gasteiger charge is -2.45. The Labute approximate surface area is 214 Å². The van der Waals surface area contributed by atoms with E-state index in [0.29, 0.717) is 56.3 Å². The topological polar surface area (TPSA) is 140 Å². The van der Waals surface area contributed by atoms with Crippen molar-refractivity contribution in [1.82, 2.24) is 34.7 Å². The molecule has 6 heterocycles. The fraction of sp³-hybridized carbons (Fsp3) is 0.333. The molecule has 0 aromatic carbocycles. The van der Waals surface area contributed by atoms with Gasteiger partial charge in [0.2, 0.25) is 17.7 Å². The molecule has 0 unspecified atom stereocenters. The zero-order valence-corrected chi connectivity index (χ0v) is 21.5. The molecule has 2 N–H and O–H groups in total. The first kappa shape index (κ1) is 23.3. The summed E-state index contributed by atoms with van der Waals surface area (Å²) >= 11 is 1.37. The Bertz CT molecular complexity index is 1750. The van der Waals surface area contributed by atoms with Gasteiger partial charge in [-0.1, -0.05) is 13.8 Å². The summed E-state index contributed by atoms with van der Waals surface area (Å²) in [5.74, 6) is 0.562. The van der Waals surface area contributed by atoms with Crippen LogP contribution in [0.1, 0.15) is 13.8 Å². The number of hydrogen-bond acceptors (Lipinski definition) is 10. The number of amides is 1. The van der Waals surface area contributed by atoms with Gasteiger partial charge in [0.25, 0.3) is 5.56 Å². The van der Waals surface area contributed by atoms with Crippen LogP contribution in [0.2, 0.25) is 0 Å². The number of aromatic amines is 1. The summed E-state index contributed by atoms with van der Waals surface area (Å²) in [5, 5.41) is 15.9. The van der Waals surface area contributed by atoms with Gasteiger partial charge in [-0.15, -0.1) is 21.5 Å². The van der Waals surface area contributed by atoms with Crippen LogP contribution in [0.25, 0.3) is 37.2 Å². The summed E-state index contributed by atoms with van der Waals surface area (Å²) in [4.78, 5) is 36.5. The quantitative estimate of drug-likeness (QED) is 0.346. The number of nitrogens with zero attached hydrogens (tertiary/aromatic N) is 6. The fourth-order valence-corrected chi connectivity index (χ4v) is 5.91. The molecule has 5 aromatic rings. The molecular weight excluding hydrogens is 496 g/mol. The molecule has 12 nitrogen and oxygen atoms in total. The molecule has 0 spiro atoms. The minimum Gasteiger partial charge on any atom is -0.480 e. The standard InChI is InChI=1S/C24H24N8O4S/c1-24(2)10-31(11-24)9-16(33)26-12-5-14-19(25-7-12)20-18(21(34)27-14)23-32(30-20)8-15(37-23)13-6-17(35-3)28-29-22(13)36-4/h5-8H,9-11H2,1-4H3,(H,26,33)(H,27,34). The predicted octanol–water partition coefficient (Wildman–Crippen LogP) is 2.54. The van der Waals surface area contributed by atoms with E-state index in [2.05, 4.69) is 49.3 Å². The summed E-state index contributed by atoms with van der Waals surface area (Å²) in [5.41, 5.74) is 2.67. The molecule has 1 amide bonds. The molecule has 0 aliphatic carbocycles. The van der Waals surface area contributed by atoms with Crippen LogP contribution < -0.4 is 20.3 Å². The highest BCUT2D eigenvalue weighted by atomic mass is 32.1. The molecule has 1 fully saturated rings. The van der Waals surface area contributed by atoms with Crippen molar-refractivity contribution >= 4 is 49.7 Å². The number of ether oxygens (including phenoxy) is 2. The van der Waals surface area contributed by atoms with Crippen molar-refractivity contribution in [3.63, 3.8) is 0 Å². The van der Waals surface area contributed by atoms with Gasteiger partial charge in [-0.05, 0) is 11.5 Å². The van der Waals surface area contributed by atoms with Crippen LogP contribution in [0, 0.1) is 5.41 Å². The molecule has 190 valence electrons. The van der Waals surface area contributed by atoms with Gasteiger partial charge >= 0.3 is 0 Å². The number of pyridine rings is 2. The first-order chi connectivity index (χ1) is 17.7. The lowest BCUT2D eigenvalue weighted by molar-refractivity contribution is -0.120. The Morgan fingerprint density at radius 1 is 1.19 bits per heavy atom. The number of fused-ring (bicyclic) bond motifs is 5. The molecule has 0 atom stereocenters. The molecule has 1 aliphatic heterocycles. The number of carbonyl (C=O) groups is 1. The molecule has 0 bridgehead atoms. The van der Waals surface area contributed by atoms with E-state index in [1.54, 1.807) is 29.0 Å². The molecule has 13 heteroatoms. The Balaban J connectivity index is 1.34. The largest absolute Gasteiger partial charge is 0.480 e. The third-order valence-electron chi connectivity index (χ3n) is 6.26. The Morgan fingerprint density at radius 2 is 2.00 bits per heavy atom. The molecule has 5 aromatic heterocycles. The van der Waals surface area contributed by atoms with Crippen LogP contribution >= 0.6 is 11.3 Å². The minimum absolute atomic E-state index is 0.118. The second kappa shape index (κ2) is 8.49. The van der Waals surface area contributed by atoms with Gasteiger partial charge in [-0.25, -0.2) is 4.52 Å². The Hall–Kier alpha value is -4.10. The van der Waals surface area contributed by atoms with Crippen molar-refractivity contribution in [2.75, 3.05) is 39.2 Å². The van der Waals surface area contributed by atoms with Gasteiger partial charge in [0.1, 0.15) is 21.3 Å². The highest BCUT2D eigenvalue weighted by Crippen LogP contribution is 2.37. The summed E-state index contributed by atoms with van der Waals surface area (Å²) in [6, 6.07) is 3.43. The molecule has 0 radical (unpaired) electrons. The van der Waals surface area contributed by atoms with Crippen LogP contribution in [0.5, 0.6) is 11.8 Å². The van der Waals surface area contributed by atoms with Gasteiger partial charge in [0.15, 0.2) is 0 Å². The zero-order chi connectivity index (χ0) is 25.9. The number of nitrogens with one attached hydrogen (secondary N) is 2. The molecule has 37 heavy (non-hydrogen) atoms. The Kier molecular flexibility index (Phi) is 5.35. The van der Waals surface area contributed by atoms with Gasteiger partial charge < -0.3 is 19.8 Å². The van der Waals surface area contributed by atoms with E-state index in [1.807, 2.05) is 0 Å². The van der Waals surface area contributed by atoms with Crippen LogP contribution in [0.15, 0.2) is 29.3 Å². The fourth-order valence-electron chi connectivity index (χ4n) is 4.81. The van der Waals surface area contributed by atoms with Crippen molar-refractivity contribution < 1.29 is 14.3 Å². The summed E-state index contributed by atoms with van der Waals surface area (Å²) in [6.45, 7) is 6.45. The lowest BCUT2D eigenvalue weighted by atomic mass is 9.84. The third kappa shape index (κ3) is 4.05. The van der Waals surface area contributed by atoms with Gasteiger partial charge in [-0.2, -0.15) is 5.10 Å². The Morgan fingerprint density at radius 3 is 2.73 bits per heavy atom. The second-order valence-electron chi connectivity index (χ2n) is 9.81. The summed E-state index contributed by atoms with van der Waals surface area (Å²) in [7, 11) is 3.02. The number of carbonyl (C=O) groups excluding carboxylic acids is 1. The number of H-pyrrole nitrogens is 1. The van der Waals surface area contributed by atoms with Crippen molar-refractivity contribution in [3.8, 4) is 22.2 Å². The third-order valence-corrected chi connectivity index (χ3v) is 7.39. The van der Waals surface area contributed by atoms with E-state index in [4.69, 9.17) is 9.47 Å². The number of hydrogen-bond donors (Lipinski definition) is 2. The maximum absolute atomic E-state index is 13.1. The number of thiazole rings is 1. The molecule has 0 saturated carbocycles. The van der Waals surface area contributed by atoms with Gasteiger partial charge in [0, 0.05) is 25.4 Å². The summed E-state index contributed by atoms with van der Waals surface area (Å²) < 4.78 is 12.2.